The van der Waals surface area contributed by atoms with Crippen LogP contribution in [-0.4, -0.2) is 19.5 Å². The predicted octanol–water partition coefficient (Wildman–Crippen LogP) is 12.2. The number of rotatable bonds is 4. The van der Waals surface area contributed by atoms with Crippen molar-refractivity contribution in [2.24, 2.45) is 0 Å². The van der Waals surface area contributed by atoms with Gasteiger partial charge < -0.3 is 8.98 Å². The van der Waals surface area contributed by atoms with E-state index in [-0.39, 0.29) is 5.41 Å². The summed E-state index contributed by atoms with van der Waals surface area (Å²) in [6.45, 7) is 4.60. The molecule has 0 atom stereocenters. The number of hydrogen-bond acceptors (Lipinski definition) is 4. The van der Waals surface area contributed by atoms with E-state index >= 15 is 0 Å². The fourth-order valence-electron chi connectivity index (χ4n) is 8.54. The molecule has 0 spiro atoms. The second-order valence-electron chi connectivity index (χ2n) is 14.4. The lowest BCUT2D eigenvalue weighted by Gasteiger charge is -2.21. The Morgan fingerprint density at radius 1 is 0.453 bits per heavy atom. The van der Waals surface area contributed by atoms with Gasteiger partial charge in [-0.3, -0.25) is 0 Å². The van der Waals surface area contributed by atoms with Gasteiger partial charge in [-0.2, -0.15) is 0 Å². The third-order valence-electron chi connectivity index (χ3n) is 11.1. The van der Waals surface area contributed by atoms with Crippen molar-refractivity contribution in [3.63, 3.8) is 0 Å². The number of aromatic nitrogens is 4. The highest BCUT2D eigenvalue weighted by atomic mass is 16.3. The molecule has 250 valence electrons. The van der Waals surface area contributed by atoms with E-state index in [9.17, 15) is 0 Å². The van der Waals surface area contributed by atoms with E-state index in [1.807, 2.05) is 42.5 Å². The highest BCUT2D eigenvalue weighted by Gasteiger charge is 2.35. The fourth-order valence-corrected chi connectivity index (χ4v) is 8.54. The summed E-state index contributed by atoms with van der Waals surface area (Å²) in [4.78, 5) is 15.4. The summed E-state index contributed by atoms with van der Waals surface area (Å²) in [5, 5.41) is 4.45. The number of hydrogen-bond donors (Lipinski definition) is 0. The molecule has 0 N–H and O–H groups in total. The van der Waals surface area contributed by atoms with Crippen molar-refractivity contribution < 1.29 is 4.42 Å². The quantitative estimate of drug-likeness (QED) is 0.186. The highest BCUT2D eigenvalue weighted by molar-refractivity contribution is 6.13. The monoisotopic (exact) mass is 680 g/mol. The second-order valence-corrected chi connectivity index (χ2v) is 14.4. The molecular formula is C48H32N4O. The molecule has 10 aromatic rings. The average Bonchev–Trinajstić information content (AvgIpc) is 3.83. The Balaban J connectivity index is 1.10. The number of furan rings is 1. The minimum absolute atomic E-state index is 0.0800. The van der Waals surface area contributed by atoms with E-state index in [1.165, 1.54) is 33.0 Å². The van der Waals surface area contributed by atoms with E-state index < -0.39 is 0 Å². The summed E-state index contributed by atoms with van der Waals surface area (Å²) in [5.74, 6) is 1.87. The molecule has 1 aliphatic rings. The maximum Gasteiger partial charge on any atom is 0.164 e. The molecule has 3 aromatic heterocycles. The Kier molecular flexibility index (Phi) is 6.23. The van der Waals surface area contributed by atoms with Crippen LogP contribution < -0.4 is 0 Å². The summed E-state index contributed by atoms with van der Waals surface area (Å²) < 4.78 is 8.94. The maximum absolute atomic E-state index is 6.63. The molecule has 11 rings (SSSR count). The third-order valence-corrected chi connectivity index (χ3v) is 11.1. The lowest BCUT2D eigenvalue weighted by atomic mass is 9.82. The number of fused-ring (bicyclic) bond motifs is 9. The van der Waals surface area contributed by atoms with Crippen LogP contribution in [0, 0.1) is 0 Å². The molecule has 0 saturated carbocycles. The first kappa shape index (κ1) is 29.8. The summed E-state index contributed by atoms with van der Waals surface area (Å²) in [6.07, 6.45) is 0. The van der Waals surface area contributed by atoms with Gasteiger partial charge in [0.25, 0.3) is 0 Å². The van der Waals surface area contributed by atoms with Crippen molar-refractivity contribution in [1.82, 2.24) is 19.5 Å². The molecule has 5 heteroatoms. The first-order valence-corrected chi connectivity index (χ1v) is 18.0. The van der Waals surface area contributed by atoms with Crippen molar-refractivity contribution in [2.75, 3.05) is 0 Å². The van der Waals surface area contributed by atoms with Gasteiger partial charge in [0, 0.05) is 55.4 Å². The molecule has 5 nitrogen and oxygen atoms in total. The minimum atomic E-state index is -0.0800. The van der Waals surface area contributed by atoms with E-state index in [4.69, 9.17) is 19.4 Å². The lowest BCUT2D eigenvalue weighted by Crippen LogP contribution is -2.14. The Morgan fingerprint density at radius 3 is 1.89 bits per heavy atom. The summed E-state index contributed by atoms with van der Waals surface area (Å²) in [5.41, 5.74) is 12.8. The van der Waals surface area contributed by atoms with Crippen LogP contribution in [0.5, 0.6) is 0 Å². The maximum atomic E-state index is 6.63. The standard InChI is InChI=1S/C48H32N4O/c1-48(2)38-19-9-6-15-32(38)37-27-30(23-26-39(37)48)46-49-45(29-13-4-3-5-14-29)50-47(51-46)36-18-12-22-42-44(36)35-25-24-31(28-43(35)53-42)52-40-20-10-7-16-33(40)34-17-8-11-21-41(34)52/h3-28H,1-2H3. The van der Waals surface area contributed by atoms with Crippen LogP contribution in [0.4, 0.5) is 0 Å². The SMILES string of the molecule is CC1(C)c2ccccc2-c2cc(-c3nc(-c4ccccc4)nc(-c4cccc5oc6cc(-n7c8ccccc8c8ccccc87)ccc6c45)n3)ccc21. The molecule has 0 aliphatic heterocycles. The van der Waals surface area contributed by atoms with Gasteiger partial charge >= 0.3 is 0 Å². The molecule has 7 aromatic carbocycles. The minimum Gasteiger partial charge on any atom is -0.456 e. The van der Waals surface area contributed by atoms with Crippen LogP contribution in [0.1, 0.15) is 25.0 Å². The Bertz CT molecular complexity index is 3040. The largest absolute Gasteiger partial charge is 0.456 e. The Labute approximate surface area is 305 Å². The Morgan fingerprint density at radius 2 is 1.09 bits per heavy atom. The van der Waals surface area contributed by atoms with Gasteiger partial charge in [0.2, 0.25) is 0 Å². The van der Waals surface area contributed by atoms with Crippen molar-refractivity contribution in [3.05, 3.63) is 169 Å². The second kappa shape index (κ2) is 11.1. The van der Waals surface area contributed by atoms with Crippen molar-refractivity contribution >= 4 is 43.7 Å². The normalized spacial score (nSPS) is 13.2. The van der Waals surface area contributed by atoms with E-state index in [2.05, 4.69) is 134 Å². The molecular weight excluding hydrogens is 649 g/mol. The summed E-state index contributed by atoms with van der Waals surface area (Å²) >= 11 is 0. The first-order valence-electron chi connectivity index (χ1n) is 18.0. The van der Waals surface area contributed by atoms with E-state index in [1.54, 1.807) is 0 Å². The van der Waals surface area contributed by atoms with Crippen LogP contribution in [0.15, 0.2) is 162 Å². The first-order chi connectivity index (χ1) is 26.0. The van der Waals surface area contributed by atoms with Gasteiger partial charge in [-0.25, -0.2) is 15.0 Å². The molecule has 3 heterocycles. The lowest BCUT2D eigenvalue weighted by molar-refractivity contribution is 0.660. The molecule has 0 saturated heterocycles. The van der Waals surface area contributed by atoms with Gasteiger partial charge in [-0.15, -0.1) is 0 Å². The van der Waals surface area contributed by atoms with E-state index in [0.717, 1.165) is 55.3 Å². The van der Waals surface area contributed by atoms with Gasteiger partial charge in [-0.05, 0) is 58.7 Å². The zero-order valence-corrected chi connectivity index (χ0v) is 29.2. The Hall–Kier alpha value is -6.85. The van der Waals surface area contributed by atoms with Gasteiger partial charge in [0.1, 0.15) is 11.2 Å². The zero-order chi connectivity index (χ0) is 35.3. The molecule has 0 radical (unpaired) electrons. The fraction of sp³-hybridized carbons (Fsp3) is 0.0625. The van der Waals surface area contributed by atoms with Crippen molar-refractivity contribution in [3.8, 4) is 51.0 Å². The summed E-state index contributed by atoms with van der Waals surface area (Å²) in [6, 6.07) is 55.3. The van der Waals surface area contributed by atoms with Crippen LogP contribution in [0.2, 0.25) is 0 Å². The molecule has 0 amide bonds. The predicted molar refractivity (Wildman–Crippen MR) is 215 cm³/mol. The van der Waals surface area contributed by atoms with Crippen LogP contribution in [-0.2, 0) is 5.41 Å². The van der Waals surface area contributed by atoms with Crippen molar-refractivity contribution in [1.29, 1.82) is 0 Å². The topological polar surface area (TPSA) is 56.7 Å². The molecule has 0 fully saturated rings. The van der Waals surface area contributed by atoms with Gasteiger partial charge in [0.05, 0.1) is 11.0 Å². The van der Waals surface area contributed by atoms with Crippen molar-refractivity contribution in [2.45, 2.75) is 19.3 Å². The number of nitrogens with zero attached hydrogens (tertiary/aromatic N) is 4. The number of benzene rings is 7. The van der Waals surface area contributed by atoms with Gasteiger partial charge in [0.15, 0.2) is 17.5 Å². The van der Waals surface area contributed by atoms with Crippen LogP contribution >= 0.6 is 0 Å². The third kappa shape index (κ3) is 4.40. The smallest absolute Gasteiger partial charge is 0.164 e. The highest BCUT2D eigenvalue weighted by Crippen LogP contribution is 2.49. The van der Waals surface area contributed by atoms with Gasteiger partial charge in [-0.1, -0.05) is 129 Å². The van der Waals surface area contributed by atoms with E-state index in [0.29, 0.717) is 17.5 Å². The molecule has 0 bridgehead atoms. The van der Waals surface area contributed by atoms with Crippen LogP contribution in [0.25, 0.3) is 94.7 Å². The van der Waals surface area contributed by atoms with Crippen LogP contribution in [0.3, 0.4) is 0 Å². The average molecular weight is 681 g/mol. The molecule has 1 aliphatic carbocycles. The zero-order valence-electron chi connectivity index (χ0n) is 29.2. The summed E-state index contributed by atoms with van der Waals surface area (Å²) in [7, 11) is 0. The molecule has 53 heavy (non-hydrogen) atoms. The molecule has 0 unspecified atom stereocenters. The number of para-hydroxylation sites is 2.